The fourth-order valence-electron chi connectivity index (χ4n) is 0.585. The molecule has 1 N–H and O–H groups in total. The van der Waals surface area contributed by atoms with Gasteiger partial charge in [-0.25, -0.2) is 0 Å². The molecule has 10 heavy (non-hydrogen) atoms. The lowest BCUT2D eigenvalue weighted by molar-refractivity contribution is 0.665. The third-order valence-electron chi connectivity index (χ3n) is 1.09. The summed E-state index contributed by atoms with van der Waals surface area (Å²) >= 11 is 0. The van der Waals surface area contributed by atoms with Crippen molar-refractivity contribution in [2.45, 2.75) is 19.3 Å². The van der Waals surface area contributed by atoms with Crippen LogP contribution in [-0.4, -0.2) is 13.1 Å². The van der Waals surface area contributed by atoms with Crippen LogP contribution in [0.2, 0.25) is 0 Å². The largest absolute Gasteiger partial charge is 0.316 e. The van der Waals surface area contributed by atoms with Gasteiger partial charge in [0.25, 0.3) is 0 Å². The zero-order valence-electron chi connectivity index (χ0n) is 6.06. The van der Waals surface area contributed by atoms with Gasteiger partial charge in [0, 0.05) is 19.4 Å². The molecular formula is C8H12N2. The second kappa shape index (κ2) is 8.01. The van der Waals surface area contributed by atoms with Gasteiger partial charge in [-0.15, -0.1) is 12.3 Å². The smallest absolute Gasteiger partial charge is 0.0635 e. The Morgan fingerprint density at radius 1 is 1.30 bits per heavy atom. The number of terminal acetylenes is 1. The molecule has 0 radical (unpaired) electrons. The number of nitrogens with one attached hydrogen (secondary N) is 1. The lowest BCUT2D eigenvalue weighted by Gasteiger charge is -1.97. The van der Waals surface area contributed by atoms with Crippen molar-refractivity contribution in [2.75, 3.05) is 13.1 Å². The third-order valence-corrected chi connectivity index (χ3v) is 1.09. The van der Waals surface area contributed by atoms with Crippen LogP contribution >= 0.6 is 0 Å². The zero-order chi connectivity index (χ0) is 7.66. The van der Waals surface area contributed by atoms with E-state index in [0.29, 0.717) is 6.42 Å². The molecule has 2 nitrogen and oxygen atoms in total. The van der Waals surface area contributed by atoms with E-state index in [0.717, 1.165) is 25.9 Å². The van der Waals surface area contributed by atoms with Gasteiger partial charge in [-0.05, 0) is 13.0 Å². The fourth-order valence-corrected chi connectivity index (χ4v) is 0.585. The first-order chi connectivity index (χ1) is 4.91. The van der Waals surface area contributed by atoms with Crippen LogP contribution in [0.4, 0.5) is 0 Å². The normalized spacial score (nSPS) is 8.20. The molecular weight excluding hydrogens is 124 g/mol. The molecule has 0 spiro atoms. The number of nitriles is 1. The van der Waals surface area contributed by atoms with Gasteiger partial charge >= 0.3 is 0 Å². The highest BCUT2D eigenvalue weighted by atomic mass is 14.8. The molecule has 0 aliphatic heterocycles. The minimum atomic E-state index is 0.579. The highest BCUT2D eigenvalue weighted by molar-refractivity contribution is 4.83. The Labute approximate surface area is 62.2 Å². The van der Waals surface area contributed by atoms with Crippen molar-refractivity contribution < 1.29 is 0 Å². The number of hydrogen-bond acceptors (Lipinski definition) is 2. The van der Waals surface area contributed by atoms with Crippen molar-refractivity contribution >= 4 is 0 Å². The first-order valence-corrected chi connectivity index (χ1v) is 3.43. The van der Waals surface area contributed by atoms with Crippen molar-refractivity contribution in [1.29, 1.82) is 5.26 Å². The monoisotopic (exact) mass is 136 g/mol. The molecule has 0 atom stereocenters. The van der Waals surface area contributed by atoms with Crippen molar-refractivity contribution in [2.24, 2.45) is 0 Å². The quantitative estimate of drug-likeness (QED) is 0.450. The Bertz CT molecular complexity index is 120. The van der Waals surface area contributed by atoms with Gasteiger partial charge in [-0.3, -0.25) is 0 Å². The van der Waals surface area contributed by atoms with Crippen LogP contribution in [0.3, 0.4) is 0 Å². The lowest BCUT2D eigenvalue weighted by atomic mass is 10.3. The van der Waals surface area contributed by atoms with E-state index < -0.39 is 0 Å². The first kappa shape index (κ1) is 9.01. The molecule has 2 heteroatoms. The third kappa shape index (κ3) is 7.01. The van der Waals surface area contributed by atoms with Crippen LogP contribution < -0.4 is 5.32 Å². The van der Waals surface area contributed by atoms with E-state index >= 15 is 0 Å². The molecule has 0 amide bonds. The molecule has 0 aromatic carbocycles. The summed E-state index contributed by atoms with van der Waals surface area (Å²) in [5.74, 6) is 2.55. The molecule has 0 unspecified atom stereocenters. The van der Waals surface area contributed by atoms with E-state index in [-0.39, 0.29) is 0 Å². The van der Waals surface area contributed by atoms with E-state index in [9.17, 15) is 0 Å². The Morgan fingerprint density at radius 2 is 2.10 bits per heavy atom. The van der Waals surface area contributed by atoms with E-state index in [1.54, 1.807) is 0 Å². The second-order valence-corrected chi connectivity index (χ2v) is 1.97. The molecule has 0 bridgehead atoms. The maximum Gasteiger partial charge on any atom is 0.0635 e. The molecule has 0 aliphatic carbocycles. The molecule has 54 valence electrons. The maximum absolute atomic E-state index is 8.15. The van der Waals surface area contributed by atoms with Gasteiger partial charge in [0.15, 0.2) is 0 Å². The molecule has 0 saturated heterocycles. The Kier molecular flexibility index (Phi) is 7.22. The van der Waals surface area contributed by atoms with Crippen LogP contribution in [0.25, 0.3) is 0 Å². The van der Waals surface area contributed by atoms with E-state index in [1.165, 1.54) is 0 Å². The highest BCUT2D eigenvalue weighted by Gasteiger charge is 1.84. The summed E-state index contributed by atoms with van der Waals surface area (Å²) in [6.45, 7) is 1.70. The average Bonchev–Trinajstić information content (AvgIpc) is 1.97. The van der Waals surface area contributed by atoms with Gasteiger partial charge in [0.1, 0.15) is 0 Å². The molecule has 0 fully saturated rings. The summed E-state index contributed by atoms with van der Waals surface area (Å²) in [7, 11) is 0. The van der Waals surface area contributed by atoms with Crippen LogP contribution in [0, 0.1) is 23.7 Å². The molecule has 0 aliphatic rings. The minimum Gasteiger partial charge on any atom is -0.316 e. The zero-order valence-corrected chi connectivity index (χ0v) is 6.06. The highest BCUT2D eigenvalue weighted by Crippen LogP contribution is 1.82. The lowest BCUT2D eigenvalue weighted by Crippen LogP contribution is -2.15. The molecule has 0 rings (SSSR count). The molecule has 0 heterocycles. The van der Waals surface area contributed by atoms with Crippen molar-refractivity contribution in [3.05, 3.63) is 0 Å². The van der Waals surface area contributed by atoms with Gasteiger partial charge in [-0.1, -0.05) is 0 Å². The van der Waals surface area contributed by atoms with Gasteiger partial charge in [-0.2, -0.15) is 5.26 Å². The number of hydrogen-bond donors (Lipinski definition) is 1. The van der Waals surface area contributed by atoms with Crippen LogP contribution in [0.5, 0.6) is 0 Å². The van der Waals surface area contributed by atoms with E-state index in [2.05, 4.69) is 17.3 Å². The molecule has 0 aromatic rings. The summed E-state index contributed by atoms with van der Waals surface area (Å²) < 4.78 is 0. The first-order valence-electron chi connectivity index (χ1n) is 3.43. The topological polar surface area (TPSA) is 35.8 Å². The summed E-state index contributed by atoms with van der Waals surface area (Å²) in [6, 6.07) is 2.06. The van der Waals surface area contributed by atoms with Gasteiger partial charge < -0.3 is 5.32 Å². The fraction of sp³-hybridized carbons (Fsp3) is 0.625. The molecule has 0 aromatic heterocycles. The summed E-state index contributed by atoms with van der Waals surface area (Å²) in [6.07, 6.45) is 7.44. The minimum absolute atomic E-state index is 0.579. The summed E-state index contributed by atoms with van der Waals surface area (Å²) in [5, 5.41) is 11.2. The number of unbranched alkanes of at least 4 members (excludes halogenated alkanes) is 1. The standard InChI is InChI=1S/C8H12N2/c1-2-3-4-7-10-8-5-6-9/h1,10H,3-5,7-8H2. The van der Waals surface area contributed by atoms with Gasteiger partial charge in [0.05, 0.1) is 6.07 Å². The SMILES string of the molecule is C#CCCCNCCC#N. The van der Waals surface area contributed by atoms with E-state index in [4.69, 9.17) is 11.7 Å². The second-order valence-electron chi connectivity index (χ2n) is 1.97. The Hall–Kier alpha value is -0.990. The van der Waals surface area contributed by atoms with Crippen molar-refractivity contribution in [1.82, 2.24) is 5.32 Å². The van der Waals surface area contributed by atoms with Gasteiger partial charge in [0.2, 0.25) is 0 Å². The van der Waals surface area contributed by atoms with Crippen LogP contribution in [-0.2, 0) is 0 Å². The summed E-state index contributed by atoms with van der Waals surface area (Å²) in [5.41, 5.74) is 0. The predicted molar refractivity (Wildman–Crippen MR) is 41.2 cm³/mol. The Morgan fingerprint density at radius 3 is 2.70 bits per heavy atom. The van der Waals surface area contributed by atoms with E-state index in [1.807, 2.05) is 0 Å². The maximum atomic E-state index is 8.15. The average molecular weight is 136 g/mol. The van der Waals surface area contributed by atoms with Crippen molar-refractivity contribution in [3.8, 4) is 18.4 Å². The Balaban J connectivity index is 2.80. The predicted octanol–water partition coefficient (Wildman–Crippen LogP) is 0.903. The molecule has 0 saturated carbocycles. The number of rotatable bonds is 5. The van der Waals surface area contributed by atoms with Crippen LogP contribution in [0.1, 0.15) is 19.3 Å². The van der Waals surface area contributed by atoms with Crippen molar-refractivity contribution in [3.63, 3.8) is 0 Å². The number of nitrogens with zero attached hydrogens (tertiary/aromatic N) is 1. The summed E-state index contributed by atoms with van der Waals surface area (Å²) in [4.78, 5) is 0. The van der Waals surface area contributed by atoms with Crippen LogP contribution in [0.15, 0.2) is 0 Å².